The Labute approximate surface area is 141 Å². The second kappa shape index (κ2) is 8.44. The van der Waals surface area contributed by atoms with E-state index in [0.29, 0.717) is 29.0 Å². The number of amides is 1. The standard InChI is InChI=1S/C18H20ClNO3/c1-13(2)11-22-15-9-7-14(8-10-15)20-18(21)12-23-17-6-4-3-5-16(17)19/h3-10,13H,11-12H2,1-2H3,(H,20,21). The summed E-state index contributed by atoms with van der Waals surface area (Å²) in [6.45, 7) is 4.74. The molecule has 0 fully saturated rings. The monoisotopic (exact) mass is 333 g/mol. The van der Waals surface area contributed by atoms with Crippen LogP contribution in [-0.2, 0) is 4.79 Å². The first-order valence-corrected chi connectivity index (χ1v) is 7.82. The summed E-state index contributed by atoms with van der Waals surface area (Å²) >= 11 is 5.97. The molecule has 1 N–H and O–H groups in total. The fraction of sp³-hybridized carbons (Fsp3) is 0.278. The number of benzene rings is 2. The van der Waals surface area contributed by atoms with Crippen LogP contribution in [-0.4, -0.2) is 19.1 Å². The van der Waals surface area contributed by atoms with Crippen LogP contribution in [0.2, 0.25) is 5.02 Å². The fourth-order valence-electron chi connectivity index (χ4n) is 1.80. The number of ether oxygens (including phenoxy) is 2. The van der Waals surface area contributed by atoms with Gasteiger partial charge in [-0.15, -0.1) is 0 Å². The fourth-order valence-corrected chi connectivity index (χ4v) is 1.99. The minimum absolute atomic E-state index is 0.102. The van der Waals surface area contributed by atoms with Gasteiger partial charge in [0.25, 0.3) is 5.91 Å². The van der Waals surface area contributed by atoms with Gasteiger partial charge < -0.3 is 14.8 Å². The second-order valence-corrected chi connectivity index (χ2v) is 5.90. The first-order chi connectivity index (χ1) is 11.0. The van der Waals surface area contributed by atoms with Crippen LogP contribution in [0.1, 0.15) is 13.8 Å². The molecule has 0 saturated heterocycles. The third-order valence-corrected chi connectivity index (χ3v) is 3.23. The molecule has 4 nitrogen and oxygen atoms in total. The van der Waals surface area contributed by atoms with E-state index in [4.69, 9.17) is 21.1 Å². The smallest absolute Gasteiger partial charge is 0.262 e. The van der Waals surface area contributed by atoms with Crippen molar-refractivity contribution in [3.05, 3.63) is 53.6 Å². The summed E-state index contributed by atoms with van der Waals surface area (Å²) in [6, 6.07) is 14.3. The highest BCUT2D eigenvalue weighted by atomic mass is 35.5. The van der Waals surface area contributed by atoms with Crippen LogP contribution in [0.3, 0.4) is 0 Å². The van der Waals surface area contributed by atoms with Crippen LogP contribution >= 0.6 is 11.6 Å². The number of halogens is 1. The van der Waals surface area contributed by atoms with Gasteiger partial charge in [-0.3, -0.25) is 4.79 Å². The van der Waals surface area contributed by atoms with Gasteiger partial charge in [0.2, 0.25) is 0 Å². The molecular formula is C18H20ClNO3. The SMILES string of the molecule is CC(C)COc1ccc(NC(=O)COc2ccccc2Cl)cc1. The summed E-state index contributed by atoms with van der Waals surface area (Å²) in [5.74, 6) is 1.49. The van der Waals surface area contributed by atoms with Gasteiger partial charge in [0.05, 0.1) is 11.6 Å². The molecule has 0 unspecified atom stereocenters. The van der Waals surface area contributed by atoms with E-state index in [1.165, 1.54) is 0 Å². The predicted molar refractivity (Wildman–Crippen MR) is 92.4 cm³/mol. The third kappa shape index (κ3) is 5.83. The zero-order valence-corrected chi connectivity index (χ0v) is 14.0. The van der Waals surface area contributed by atoms with Crippen molar-refractivity contribution in [1.29, 1.82) is 0 Å². The Morgan fingerprint density at radius 3 is 2.43 bits per heavy atom. The average molecular weight is 334 g/mol. The Morgan fingerprint density at radius 2 is 1.78 bits per heavy atom. The molecular weight excluding hydrogens is 314 g/mol. The van der Waals surface area contributed by atoms with E-state index < -0.39 is 0 Å². The van der Waals surface area contributed by atoms with Crippen molar-refractivity contribution in [1.82, 2.24) is 0 Å². The van der Waals surface area contributed by atoms with E-state index in [9.17, 15) is 4.79 Å². The maximum absolute atomic E-state index is 11.9. The normalized spacial score (nSPS) is 10.4. The van der Waals surface area contributed by atoms with E-state index in [1.54, 1.807) is 36.4 Å². The molecule has 0 aromatic heterocycles. The first-order valence-electron chi connectivity index (χ1n) is 7.44. The molecule has 0 saturated carbocycles. The van der Waals surface area contributed by atoms with Crippen molar-refractivity contribution >= 4 is 23.2 Å². The molecule has 0 spiro atoms. The van der Waals surface area contributed by atoms with Crippen molar-refractivity contribution in [3.63, 3.8) is 0 Å². The van der Waals surface area contributed by atoms with Crippen LogP contribution in [0, 0.1) is 5.92 Å². The highest BCUT2D eigenvalue weighted by molar-refractivity contribution is 6.32. The van der Waals surface area contributed by atoms with Gasteiger partial charge >= 0.3 is 0 Å². The lowest BCUT2D eigenvalue weighted by molar-refractivity contribution is -0.118. The Balaban J connectivity index is 1.82. The quantitative estimate of drug-likeness (QED) is 0.817. The van der Waals surface area contributed by atoms with E-state index >= 15 is 0 Å². The molecule has 122 valence electrons. The number of nitrogens with one attached hydrogen (secondary N) is 1. The minimum atomic E-state index is -0.249. The van der Waals surface area contributed by atoms with Crippen molar-refractivity contribution in [2.45, 2.75) is 13.8 Å². The summed E-state index contributed by atoms with van der Waals surface area (Å²) in [7, 11) is 0. The number of hydrogen-bond donors (Lipinski definition) is 1. The van der Waals surface area contributed by atoms with Gasteiger partial charge in [0.15, 0.2) is 6.61 Å². The number of para-hydroxylation sites is 1. The Kier molecular flexibility index (Phi) is 6.29. The maximum atomic E-state index is 11.9. The molecule has 2 rings (SSSR count). The first kappa shape index (κ1) is 17.2. The lowest BCUT2D eigenvalue weighted by Crippen LogP contribution is -2.20. The van der Waals surface area contributed by atoms with Gasteiger partial charge in [-0.25, -0.2) is 0 Å². The highest BCUT2D eigenvalue weighted by Gasteiger charge is 2.06. The molecule has 0 aliphatic rings. The zero-order valence-electron chi connectivity index (χ0n) is 13.2. The number of carbonyl (C=O) groups is 1. The summed E-state index contributed by atoms with van der Waals surface area (Å²) in [5, 5.41) is 3.24. The topological polar surface area (TPSA) is 47.6 Å². The molecule has 23 heavy (non-hydrogen) atoms. The van der Waals surface area contributed by atoms with E-state index in [-0.39, 0.29) is 12.5 Å². The van der Waals surface area contributed by atoms with Gasteiger partial charge in [-0.2, -0.15) is 0 Å². The van der Waals surface area contributed by atoms with Gasteiger partial charge in [-0.05, 0) is 42.3 Å². The van der Waals surface area contributed by atoms with Crippen LogP contribution in [0.25, 0.3) is 0 Å². The van der Waals surface area contributed by atoms with Crippen molar-refractivity contribution in [2.75, 3.05) is 18.5 Å². The maximum Gasteiger partial charge on any atom is 0.262 e. The molecule has 1 amide bonds. The molecule has 2 aromatic carbocycles. The molecule has 5 heteroatoms. The summed E-state index contributed by atoms with van der Waals surface area (Å²) < 4.78 is 11.0. The summed E-state index contributed by atoms with van der Waals surface area (Å²) in [6.07, 6.45) is 0. The Morgan fingerprint density at radius 1 is 1.09 bits per heavy atom. The molecule has 0 atom stereocenters. The minimum Gasteiger partial charge on any atom is -0.493 e. The van der Waals surface area contributed by atoms with Crippen molar-refractivity contribution in [3.8, 4) is 11.5 Å². The van der Waals surface area contributed by atoms with Crippen LogP contribution in [0.15, 0.2) is 48.5 Å². The largest absolute Gasteiger partial charge is 0.493 e. The van der Waals surface area contributed by atoms with E-state index in [1.807, 2.05) is 12.1 Å². The van der Waals surface area contributed by atoms with Gasteiger partial charge in [-0.1, -0.05) is 37.6 Å². The highest BCUT2D eigenvalue weighted by Crippen LogP contribution is 2.23. The second-order valence-electron chi connectivity index (χ2n) is 5.50. The molecule has 0 aliphatic carbocycles. The Hall–Kier alpha value is -2.20. The number of carbonyl (C=O) groups excluding carboxylic acids is 1. The predicted octanol–water partition coefficient (Wildman–Crippen LogP) is 4.39. The molecule has 0 heterocycles. The number of rotatable bonds is 7. The summed E-state index contributed by atoms with van der Waals surface area (Å²) in [5.41, 5.74) is 0.689. The molecule has 0 aliphatic heterocycles. The molecule has 0 radical (unpaired) electrons. The summed E-state index contributed by atoms with van der Waals surface area (Å²) in [4.78, 5) is 11.9. The average Bonchev–Trinajstić information content (AvgIpc) is 2.53. The van der Waals surface area contributed by atoms with Crippen LogP contribution in [0.5, 0.6) is 11.5 Å². The van der Waals surface area contributed by atoms with E-state index in [2.05, 4.69) is 19.2 Å². The third-order valence-electron chi connectivity index (χ3n) is 2.92. The van der Waals surface area contributed by atoms with Gasteiger partial charge in [0, 0.05) is 5.69 Å². The van der Waals surface area contributed by atoms with Gasteiger partial charge in [0.1, 0.15) is 11.5 Å². The molecule has 0 bridgehead atoms. The van der Waals surface area contributed by atoms with E-state index in [0.717, 1.165) is 5.75 Å². The lowest BCUT2D eigenvalue weighted by atomic mass is 10.2. The number of anilines is 1. The Bertz CT molecular complexity index is 641. The van der Waals surface area contributed by atoms with Crippen molar-refractivity contribution < 1.29 is 14.3 Å². The van der Waals surface area contributed by atoms with Crippen molar-refractivity contribution in [2.24, 2.45) is 5.92 Å². The van der Waals surface area contributed by atoms with Crippen LogP contribution in [0.4, 0.5) is 5.69 Å². The molecule has 2 aromatic rings. The lowest BCUT2D eigenvalue weighted by Gasteiger charge is -2.10. The number of hydrogen-bond acceptors (Lipinski definition) is 3. The van der Waals surface area contributed by atoms with Crippen LogP contribution < -0.4 is 14.8 Å². The zero-order chi connectivity index (χ0) is 16.7.